The average Bonchev–Trinajstić information content (AvgIpc) is 2.25. The van der Waals surface area contributed by atoms with Crippen LogP contribution in [0.4, 0.5) is 5.69 Å². The molecule has 0 saturated heterocycles. The number of benzene rings is 1. The Morgan fingerprint density at radius 1 is 1.19 bits per heavy atom. The third-order valence-corrected chi connectivity index (χ3v) is 3.48. The minimum Gasteiger partial charge on any atom is -0.399 e. The van der Waals surface area contributed by atoms with Gasteiger partial charge in [-0.05, 0) is 30.7 Å². The molecule has 2 N–H and O–H groups in total. The fraction of sp³-hybridized carbons (Fsp3) is 0.455. The molecule has 0 heterocycles. The normalized spacial score (nSPS) is 11.6. The molecule has 16 heavy (non-hydrogen) atoms. The first-order valence-corrected chi connectivity index (χ1v) is 6.72. The standard InChI is InChI=1S/C11H17NO3S/c1-2-3-4-9-15-16(13,14)11-7-5-10(12)6-8-11/h5-8H,2-4,9,12H2,1H3. The monoisotopic (exact) mass is 243 g/mol. The van der Waals surface area contributed by atoms with Gasteiger partial charge in [0.2, 0.25) is 0 Å². The van der Waals surface area contributed by atoms with Crippen LogP contribution in [-0.2, 0) is 14.3 Å². The molecule has 0 fully saturated rings. The van der Waals surface area contributed by atoms with Crippen molar-refractivity contribution in [1.82, 2.24) is 0 Å². The van der Waals surface area contributed by atoms with Crippen molar-refractivity contribution in [3.63, 3.8) is 0 Å². The lowest BCUT2D eigenvalue weighted by atomic mass is 10.3. The Morgan fingerprint density at radius 2 is 1.81 bits per heavy atom. The molecule has 0 radical (unpaired) electrons. The molecule has 0 aliphatic heterocycles. The summed E-state index contributed by atoms with van der Waals surface area (Å²) in [7, 11) is -3.61. The lowest BCUT2D eigenvalue weighted by Crippen LogP contribution is -2.07. The lowest BCUT2D eigenvalue weighted by molar-refractivity contribution is 0.308. The summed E-state index contributed by atoms with van der Waals surface area (Å²) in [5.41, 5.74) is 6.01. The van der Waals surface area contributed by atoms with Crippen molar-refractivity contribution < 1.29 is 12.6 Å². The van der Waals surface area contributed by atoms with E-state index in [1.54, 1.807) is 12.1 Å². The Kier molecular flexibility index (Phi) is 4.76. The SMILES string of the molecule is CCCCCOS(=O)(=O)c1ccc(N)cc1. The van der Waals surface area contributed by atoms with Crippen molar-refractivity contribution >= 4 is 15.8 Å². The molecule has 0 amide bonds. The summed E-state index contributed by atoms with van der Waals surface area (Å²) in [4.78, 5) is 0.151. The third kappa shape index (κ3) is 3.83. The molecule has 1 rings (SSSR count). The number of nitrogen functional groups attached to an aromatic ring is 1. The van der Waals surface area contributed by atoms with E-state index in [0.29, 0.717) is 5.69 Å². The maximum Gasteiger partial charge on any atom is 0.296 e. The van der Waals surface area contributed by atoms with Crippen LogP contribution in [0, 0.1) is 0 Å². The largest absolute Gasteiger partial charge is 0.399 e. The van der Waals surface area contributed by atoms with Gasteiger partial charge in [0.25, 0.3) is 10.1 Å². The third-order valence-electron chi connectivity index (χ3n) is 2.16. The van der Waals surface area contributed by atoms with Gasteiger partial charge >= 0.3 is 0 Å². The highest BCUT2D eigenvalue weighted by Gasteiger charge is 2.13. The second-order valence-corrected chi connectivity index (χ2v) is 5.17. The smallest absolute Gasteiger partial charge is 0.296 e. The number of nitrogens with two attached hydrogens (primary N) is 1. The van der Waals surface area contributed by atoms with Gasteiger partial charge in [0.05, 0.1) is 11.5 Å². The first-order chi connectivity index (χ1) is 7.56. The zero-order chi connectivity index (χ0) is 12.0. The second kappa shape index (κ2) is 5.86. The summed E-state index contributed by atoms with van der Waals surface area (Å²) in [6.45, 7) is 2.29. The second-order valence-electron chi connectivity index (χ2n) is 3.55. The fourth-order valence-electron chi connectivity index (χ4n) is 1.22. The van der Waals surface area contributed by atoms with E-state index in [0.717, 1.165) is 19.3 Å². The van der Waals surface area contributed by atoms with Gasteiger partial charge < -0.3 is 5.73 Å². The van der Waals surface area contributed by atoms with Gasteiger partial charge in [0, 0.05) is 5.69 Å². The molecule has 0 spiro atoms. The summed E-state index contributed by atoms with van der Waals surface area (Å²) in [6.07, 6.45) is 2.76. The van der Waals surface area contributed by atoms with E-state index in [9.17, 15) is 8.42 Å². The van der Waals surface area contributed by atoms with Crippen LogP contribution < -0.4 is 5.73 Å². The van der Waals surface area contributed by atoms with Crippen LogP contribution in [0.15, 0.2) is 29.2 Å². The summed E-state index contributed by atoms with van der Waals surface area (Å²) in [6, 6.07) is 5.99. The maximum absolute atomic E-state index is 11.6. The summed E-state index contributed by atoms with van der Waals surface area (Å²) >= 11 is 0. The number of rotatable bonds is 6. The van der Waals surface area contributed by atoms with Crippen molar-refractivity contribution in [3.05, 3.63) is 24.3 Å². The van der Waals surface area contributed by atoms with Crippen LogP contribution in [-0.4, -0.2) is 15.0 Å². The zero-order valence-electron chi connectivity index (χ0n) is 9.35. The molecule has 0 unspecified atom stereocenters. The van der Waals surface area contributed by atoms with Gasteiger partial charge in [-0.2, -0.15) is 8.42 Å². The first kappa shape index (κ1) is 13.0. The highest BCUT2D eigenvalue weighted by atomic mass is 32.2. The van der Waals surface area contributed by atoms with Gasteiger partial charge in [0.15, 0.2) is 0 Å². The number of hydrogen-bond acceptors (Lipinski definition) is 4. The quantitative estimate of drug-likeness (QED) is 0.472. The van der Waals surface area contributed by atoms with Gasteiger partial charge in [-0.1, -0.05) is 19.8 Å². The van der Waals surface area contributed by atoms with Crippen molar-refractivity contribution in [2.24, 2.45) is 0 Å². The summed E-state index contributed by atoms with van der Waals surface area (Å²) in [5, 5.41) is 0. The Labute approximate surface area is 96.5 Å². The van der Waals surface area contributed by atoms with E-state index in [-0.39, 0.29) is 11.5 Å². The van der Waals surface area contributed by atoms with Crippen molar-refractivity contribution in [2.45, 2.75) is 31.1 Å². The Hall–Kier alpha value is -1.07. The van der Waals surface area contributed by atoms with Crippen LogP contribution in [0.3, 0.4) is 0 Å². The van der Waals surface area contributed by atoms with Crippen LogP contribution >= 0.6 is 0 Å². The predicted molar refractivity (Wildman–Crippen MR) is 63.5 cm³/mol. The Balaban J connectivity index is 2.60. The number of anilines is 1. The van der Waals surface area contributed by atoms with Crippen molar-refractivity contribution in [3.8, 4) is 0 Å². The van der Waals surface area contributed by atoms with Crippen molar-refractivity contribution in [2.75, 3.05) is 12.3 Å². The zero-order valence-corrected chi connectivity index (χ0v) is 10.2. The maximum atomic E-state index is 11.6. The van der Waals surface area contributed by atoms with Crippen LogP contribution in [0.1, 0.15) is 26.2 Å². The van der Waals surface area contributed by atoms with Gasteiger partial charge in [0.1, 0.15) is 0 Å². The molecular weight excluding hydrogens is 226 g/mol. The molecule has 0 atom stereocenters. The summed E-state index contributed by atoms with van der Waals surface area (Å²) in [5.74, 6) is 0. The molecule has 1 aromatic rings. The topological polar surface area (TPSA) is 69.4 Å². The molecule has 1 aromatic carbocycles. The van der Waals surface area contributed by atoms with E-state index in [1.807, 2.05) is 0 Å². The van der Waals surface area contributed by atoms with Gasteiger partial charge in [-0.15, -0.1) is 0 Å². The molecular formula is C11H17NO3S. The molecule has 0 aromatic heterocycles. The molecule has 5 heteroatoms. The molecule has 0 saturated carbocycles. The van der Waals surface area contributed by atoms with Gasteiger partial charge in [-0.3, -0.25) is 4.18 Å². The summed E-state index contributed by atoms with van der Waals surface area (Å²) < 4.78 is 28.2. The molecule has 90 valence electrons. The van der Waals surface area contributed by atoms with Crippen LogP contribution in [0.5, 0.6) is 0 Å². The Morgan fingerprint density at radius 3 is 2.38 bits per heavy atom. The highest BCUT2D eigenvalue weighted by molar-refractivity contribution is 7.86. The van der Waals surface area contributed by atoms with E-state index in [4.69, 9.17) is 9.92 Å². The number of unbranched alkanes of at least 4 members (excludes halogenated alkanes) is 2. The fourth-order valence-corrected chi connectivity index (χ4v) is 2.17. The van der Waals surface area contributed by atoms with Crippen molar-refractivity contribution in [1.29, 1.82) is 0 Å². The van der Waals surface area contributed by atoms with E-state index < -0.39 is 10.1 Å². The minimum atomic E-state index is -3.61. The average molecular weight is 243 g/mol. The van der Waals surface area contributed by atoms with E-state index >= 15 is 0 Å². The Bertz CT molecular complexity index is 411. The lowest BCUT2D eigenvalue weighted by Gasteiger charge is -2.05. The van der Waals surface area contributed by atoms with E-state index in [2.05, 4.69) is 6.92 Å². The molecule has 0 bridgehead atoms. The molecule has 0 aliphatic rings. The molecule has 4 nitrogen and oxygen atoms in total. The molecule has 0 aliphatic carbocycles. The van der Waals surface area contributed by atoms with E-state index in [1.165, 1.54) is 12.1 Å². The van der Waals surface area contributed by atoms with Gasteiger partial charge in [-0.25, -0.2) is 0 Å². The highest BCUT2D eigenvalue weighted by Crippen LogP contribution is 2.14. The predicted octanol–water partition coefficient (Wildman–Crippen LogP) is 2.16. The van der Waals surface area contributed by atoms with Crippen LogP contribution in [0.25, 0.3) is 0 Å². The number of hydrogen-bond donors (Lipinski definition) is 1. The first-order valence-electron chi connectivity index (χ1n) is 5.31. The van der Waals surface area contributed by atoms with Crippen LogP contribution in [0.2, 0.25) is 0 Å². The minimum absolute atomic E-state index is 0.151.